The van der Waals surface area contributed by atoms with Crippen LogP contribution < -0.4 is 4.90 Å². The molecular formula is C13H18N4O2S2. The fourth-order valence-corrected chi connectivity index (χ4v) is 4.16. The van der Waals surface area contributed by atoms with Gasteiger partial charge in [-0.3, -0.25) is 4.79 Å². The zero-order valence-corrected chi connectivity index (χ0v) is 13.6. The summed E-state index contributed by atoms with van der Waals surface area (Å²) in [4.78, 5) is 20.5. The molecule has 0 aliphatic carbocycles. The van der Waals surface area contributed by atoms with E-state index in [1.54, 1.807) is 11.3 Å². The van der Waals surface area contributed by atoms with Gasteiger partial charge in [0.15, 0.2) is 11.0 Å². The van der Waals surface area contributed by atoms with E-state index in [-0.39, 0.29) is 6.47 Å². The normalized spacial score (nSPS) is 17.1. The number of nitrogens with zero attached hydrogens (tertiary/aromatic N) is 4. The Bertz CT molecular complexity index is 576. The van der Waals surface area contributed by atoms with Gasteiger partial charge in [-0.25, -0.2) is 9.97 Å². The lowest BCUT2D eigenvalue weighted by molar-refractivity contribution is -0.122. The highest BCUT2D eigenvalue weighted by Crippen LogP contribution is 2.34. The molecule has 3 heterocycles. The fraction of sp³-hybridized carbons (Fsp3) is 0.462. The molecule has 0 amide bonds. The third-order valence-electron chi connectivity index (χ3n) is 3.06. The number of hydrogen-bond acceptors (Lipinski definition) is 6. The van der Waals surface area contributed by atoms with E-state index in [4.69, 9.17) is 9.90 Å². The summed E-state index contributed by atoms with van der Waals surface area (Å²) in [6.07, 6.45) is 7.17. The number of thiazole rings is 1. The Morgan fingerprint density at radius 1 is 1.48 bits per heavy atom. The van der Waals surface area contributed by atoms with Crippen molar-refractivity contribution in [3.63, 3.8) is 0 Å². The van der Waals surface area contributed by atoms with Crippen molar-refractivity contribution in [2.24, 2.45) is 0 Å². The van der Waals surface area contributed by atoms with Crippen molar-refractivity contribution in [3.05, 3.63) is 18.6 Å². The van der Waals surface area contributed by atoms with Gasteiger partial charge in [0.05, 0.1) is 11.1 Å². The highest BCUT2D eigenvalue weighted by atomic mass is 32.2. The van der Waals surface area contributed by atoms with Crippen molar-refractivity contribution in [2.45, 2.75) is 12.5 Å². The van der Waals surface area contributed by atoms with Gasteiger partial charge >= 0.3 is 0 Å². The lowest BCUT2D eigenvalue weighted by Gasteiger charge is -2.13. The summed E-state index contributed by atoms with van der Waals surface area (Å²) in [5.41, 5.74) is 0. The number of carboxylic acid groups (broad SMARTS) is 1. The molecule has 114 valence electrons. The van der Waals surface area contributed by atoms with Crippen molar-refractivity contribution < 1.29 is 9.90 Å². The molecule has 3 rings (SSSR count). The summed E-state index contributed by atoms with van der Waals surface area (Å²) in [5.74, 6) is 3.52. The first kappa shape index (κ1) is 15.8. The van der Waals surface area contributed by atoms with E-state index in [9.17, 15) is 0 Å². The Morgan fingerprint density at radius 2 is 2.24 bits per heavy atom. The molecule has 6 nitrogen and oxygen atoms in total. The Labute approximate surface area is 131 Å². The molecule has 21 heavy (non-hydrogen) atoms. The topological polar surface area (TPSA) is 71.2 Å². The molecule has 1 unspecified atom stereocenters. The van der Waals surface area contributed by atoms with E-state index < -0.39 is 0 Å². The lowest BCUT2D eigenvalue weighted by atomic mass is 10.2. The second kappa shape index (κ2) is 7.46. The van der Waals surface area contributed by atoms with Crippen molar-refractivity contribution in [3.8, 4) is 10.7 Å². The standard InChI is InChI=1S/C12H16N4S2.CH2O2/c1-15(2)12-14-7-10(18-12)11-13-4-5-16(11)9-3-6-17-8-9;2-1-3/h4-5,7,9H,3,6,8H2,1-2H3;1H,(H,2,3). The molecule has 0 radical (unpaired) electrons. The number of carbonyl (C=O) groups is 1. The van der Waals surface area contributed by atoms with Gasteiger partial charge in [-0.1, -0.05) is 11.3 Å². The molecule has 2 aromatic heterocycles. The second-order valence-electron chi connectivity index (χ2n) is 4.68. The molecule has 0 aromatic carbocycles. The molecule has 1 saturated heterocycles. The number of imidazole rings is 1. The predicted octanol–water partition coefficient (Wildman–Crippen LogP) is 2.45. The average Bonchev–Trinajstić information content (AvgIpc) is 3.20. The van der Waals surface area contributed by atoms with Gasteiger partial charge in [-0.05, 0) is 12.2 Å². The molecule has 1 N–H and O–H groups in total. The van der Waals surface area contributed by atoms with Crippen molar-refractivity contribution in [1.29, 1.82) is 0 Å². The minimum absolute atomic E-state index is 0.250. The predicted molar refractivity (Wildman–Crippen MR) is 87.3 cm³/mol. The van der Waals surface area contributed by atoms with Gasteiger partial charge in [0.2, 0.25) is 0 Å². The Balaban J connectivity index is 0.000000497. The third kappa shape index (κ3) is 3.76. The number of rotatable bonds is 3. The summed E-state index contributed by atoms with van der Waals surface area (Å²) >= 11 is 3.72. The maximum atomic E-state index is 8.36. The average molecular weight is 326 g/mol. The first-order valence-electron chi connectivity index (χ1n) is 6.49. The Hall–Kier alpha value is -1.54. The van der Waals surface area contributed by atoms with E-state index >= 15 is 0 Å². The van der Waals surface area contributed by atoms with Crippen LogP contribution in [0.1, 0.15) is 12.5 Å². The summed E-state index contributed by atoms with van der Waals surface area (Å²) < 4.78 is 2.31. The minimum atomic E-state index is -0.250. The van der Waals surface area contributed by atoms with Crippen LogP contribution >= 0.6 is 23.1 Å². The quantitative estimate of drug-likeness (QED) is 0.874. The van der Waals surface area contributed by atoms with E-state index in [0.29, 0.717) is 6.04 Å². The van der Waals surface area contributed by atoms with E-state index in [1.165, 1.54) is 17.9 Å². The first-order chi connectivity index (χ1) is 10.2. The molecule has 1 aliphatic rings. The van der Waals surface area contributed by atoms with Crippen LogP contribution in [0.5, 0.6) is 0 Å². The summed E-state index contributed by atoms with van der Waals surface area (Å²) in [6.45, 7) is -0.250. The van der Waals surface area contributed by atoms with Crippen molar-refractivity contribution in [1.82, 2.24) is 14.5 Å². The Kier molecular flexibility index (Phi) is 5.63. The van der Waals surface area contributed by atoms with Gasteiger partial charge in [0.25, 0.3) is 6.47 Å². The van der Waals surface area contributed by atoms with Gasteiger partial charge in [-0.2, -0.15) is 11.8 Å². The van der Waals surface area contributed by atoms with E-state index in [0.717, 1.165) is 15.8 Å². The highest BCUT2D eigenvalue weighted by molar-refractivity contribution is 7.99. The largest absolute Gasteiger partial charge is 0.483 e. The van der Waals surface area contributed by atoms with Crippen molar-refractivity contribution >= 4 is 34.7 Å². The number of aromatic nitrogens is 3. The van der Waals surface area contributed by atoms with Crippen LogP contribution in [-0.2, 0) is 4.79 Å². The number of anilines is 1. The molecule has 1 fully saturated rings. The molecule has 1 atom stereocenters. The molecule has 0 saturated carbocycles. The highest BCUT2D eigenvalue weighted by Gasteiger charge is 2.21. The SMILES string of the molecule is CN(C)c1ncc(-c2nccn2C2CCSC2)s1.O=CO. The Morgan fingerprint density at radius 3 is 2.81 bits per heavy atom. The van der Waals surface area contributed by atoms with Crippen LogP contribution in [0.3, 0.4) is 0 Å². The summed E-state index contributed by atoms with van der Waals surface area (Å²) in [6, 6.07) is 0.595. The van der Waals surface area contributed by atoms with E-state index in [2.05, 4.69) is 20.7 Å². The molecule has 1 aliphatic heterocycles. The fourth-order valence-electron chi connectivity index (χ4n) is 2.12. The first-order valence-corrected chi connectivity index (χ1v) is 8.46. The molecular weight excluding hydrogens is 308 g/mol. The zero-order valence-electron chi connectivity index (χ0n) is 12.0. The van der Waals surface area contributed by atoms with Crippen molar-refractivity contribution in [2.75, 3.05) is 30.5 Å². The van der Waals surface area contributed by atoms with E-state index in [1.807, 2.05) is 43.2 Å². The van der Waals surface area contributed by atoms with Gasteiger partial charge in [-0.15, -0.1) is 0 Å². The second-order valence-corrected chi connectivity index (χ2v) is 6.84. The van der Waals surface area contributed by atoms with Crippen LogP contribution in [0.15, 0.2) is 18.6 Å². The third-order valence-corrected chi connectivity index (χ3v) is 5.37. The number of hydrogen-bond donors (Lipinski definition) is 1. The van der Waals surface area contributed by atoms with Gasteiger partial charge < -0.3 is 14.6 Å². The lowest BCUT2D eigenvalue weighted by Crippen LogP contribution is -2.08. The smallest absolute Gasteiger partial charge is 0.290 e. The molecule has 0 spiro atoms. The van der Waals surface area contributed by atoms with Crippen LogP contribution in [0.2, 0.25) is 0 Å². The van der Waals surface area contributed by atoms with Crippen LogP contribution in [0.4, 0.5) is 5.13 Å². The molecule has 8 heteroatoms. The molecule has 2 aromatic rings. The van der Waals surface area contributed by atoms with Crippen LogP contribution in [0, 0.1) is 0 Å². The minimum Gasteiger partial charge on any atom is -0.483 e. The van der Waals surface area contributed by atoms with Gasteiger partial charge in [0, 0.05) is 38.3 Å². The monoisotopic (exact) mass is 326 g/mol. The van der Waals surface area contributed by atoms with Gasteiger partial charge in [0.1, 0.15) is 0 Å². The summed E-state index contributed by atoms with van der Waals surface area (Å²) in [7, 11) is 4.03. The maximum Gasteiger partial charge on any atom is 0.290 e. The maximum absolute atomic E-state index is 8.36. The zero-order chi connectivity index (χ0) is 15.2. The van der Waals surface area contributed by atoms with Crippen LogP contribution in [-0.4, -0.2) is 51.7 Å². The van der Waals surface area contributed by atoms with Crippen LogP contribution in [0.25, 0.3) is 10.7 Å². The summed E-state index contributed by atoms with van der Waals surface area (Å²) in [5, 5.41) is 7.92. The number of thioether (sulfide) groups is 1. The molecule has 0 bridgehead atoms.